The lowest BCUT2D eigenvalue weighted by Crippen LogP contribution is -2.16. The highest BCUT2D eigenvalue weighted by molar-refractivity contribution is 5.94. The third kappa shape index (κ3) is 4.78. The number of ketones is 1. The van der Waals surface area contributed by atoms with Crippen molar-refractivity contribution < 1.29 is 19.1 Å². The predicted octanol–water partition coefficient (Wildman–Crippen LogP) is 1.90. The van der Waals surface area contributed by atoms with Gasteiger partial charge in [0.05, 0.1) is 0 Å². The Bertz CT molecular complexity index is 372. The normalized spacial score (nSPS) is 11.9. The molecule has 0 aromatic heterocycles. The molecular formula is C13H16O4. The average Bonchev–Trinajstić information content (AvgIpc) is 2.30. The van der Waals surface area contributed by atoms with Crippen molar-refractivity contribution in [1.29, 1.82) is 0 Å². The Hall–Kier alpha value is -1.68. The van der Waals surface area contributed by atoms with Gasteiger partial charge in [-0.25, -0.2) is 0 Å². The number of esters is 1. The van der Waals surface area contributed by atoms with E-state index in [-0.39, 0.29) is 24.9 Å². The fourth-order valence-electron chi connectivity index (χ4n) is 1.39. The molecule has 0 N–H and O–H groups in total. The molecule has 0 saturated heterocycles. The van der Waals surface area contributed by atoms with Crippen molar-refractivity contribution >= 4 is 11.8 Å². The quantitative estimate of drug-likeness (QED) is 0.559. The van der Waals surface area contributed by atoms with E-state index >= 15 is 0 Å². The Balaban J connectivity index is 2.49. The minimum absolute atomic E-state index is 0.118. The Morgan fingerprint density at radius 3 is 2.41 bits per heavy atom. The van der Waals surface area contributed by atoms with Gasteiger partial charge in [0.15, 0.2) is 0 Å². The van der Waals surface area contributed by atoms with Crippen LogP contribution < -0.4 is 0 Å². The molecule has 0 saturated carbocycles. The smallest absolute Gasteiger partial charge is 0.313 e. The van der Waals surface area contributed by atoms with Gasteiger partial charge in [0.1, 0.15) is 24.9 Å². The van der Waals surface area contributed by atoms with Crippen LogP contribution in [-0.4, -0.2) is 25.5 Å². The van der Waals surface area contributed by atoms with E-state index in [2.05, 4.69) is 0 Å². The molecule has 17 heavy (non-hydrogen) atoms. The van der Waals surface area contributed by atoms with Gasteiger partial charge in [-0.15, -0.1) is 0 Å². The van der Waals surface area contributed by atoms with Gasteiger partial charge in [0, 0.05) is 7.11 Å². The molecule has 0 aliphatic carbocycles. The van der Waals surface area contributed by atoms with E-state index < -0.39 is 5.97 Å². The first-order valence-corrected chi connectivity index (χ1v) is 5.36. The van der Waals surface area contributed by atoms with Crippen molar-refractivity contribution in [2.75, 3.05) is 13.7 Å². The van der Waals surface area contributed by atoms with Gasteiger partial charge in [0.25, 0.3) is 0 Å². The van der Waals surface area contributed by atoms with Gasteiger partial charge < -0.3 is 9.47 Å². The summed E-state index contributed by atoms with van der Waals surface area (Å²) in [5, 5.41) is 0. The largest absolute Gasteiger partial charge is 0.462 e. The van der Waals surface area contributed by atoms with E-state index in [0.717, 1.165) is 5.56 Å². The molecular weight excluding hydrogens is 220 g/mol. The van der Waals surface area contributed by atoms with Gasteiger partial charge in [-0.3, -0.25) is 9.59 Å². The summed E-state index contributed by atoms with van der Waals surface area (Å²) in [4.78, 5) is 21.9. The summed E-state index contributed by atoms with van der Waals surface area (Å²) in [5.41, 5.74) is 0.936. The molecule has 92 valence electrons. The third-order valence-corrected chi connectivity index (χ3v) is 2.24. The fraction of sp³-hybridized carbons (Fsp3) is 0.385. The maximum absolute atomic E-state index is 11.2. The molecule has 0 fully saturated rings. The zero-order valence-electron chi connectivity index (χ0n) is 10.0. The highest BCUT2D eigenvalue weighted by atomic mass is 16.6. The van der Waals surface area contributed by atoms with E-state index in [9.17, 15) is 9.59 Å². The van der Waals surface area contributed by atoms with Crippen molar-refractivity contribution in [3.8, 4) is 0 Å². The van der Waals surface area contributed by atoms with Crippen LogP contribution in [0.3, 0.4) is 0 Å². The standard InChI is InChI=1S/C13H16O4/c1-10(14)8-13(15)17-9-12(16-2)11-6-4-3-5-7-11/h3-7,12H,8-9H2,1-2H3/t12-/m1/s1. The first kappa shape index (κ1) is 13.4. The molecule has 1 atom stereocenters. The topological polar surface area (TPSA) is 52.6 Å². The Morgan fingerprint density at radius 1 is 1.24 bits per heavy atom. The highest BCUT2D eigenvalue weighted by Crippen LogP contribution is 2.16. The van der Waals surface area contributed by atoms with Gasteiger partial charge in [-0.2, -0.15) is 0 Å². The van der Waals surface area contributed by atoms with Crippen LogP contribution in [0, 0.1) is 0 Å². The van der Waals surface area contributed by atoms with Crippen LogP contribution in [0.2, 0.25) is 0 Å². The van der Waals surface area contributed by atoms with Crippen LogP contribution in [0.1, 0.15) is 25.0 Å². The first-order valence-electron chi connectivity index (χ1n) is 5.36. The summed E-state index contributed by atoms with van der Waals surface area (Å²) in [7, 11) is 1.55. The second-order valence-corrected chi connectivity index (χ2v) is 3.70. The number of rotatable bonds is 6. The summed E-state index contributed by atoms with van der Waals surface area (Å²) >= 11 is 0. The lowest BCUT2D eigenvalue weighted by atomic mass is 10.1. The van der Waals surface area contributed by atoms with Crippen LogP contribution in [0.25, 0.3) is 0 Å². The first-order chi connectivity index (χ1) is 8.13. The van der Waals surface area contributed by atoms with Gasteiger partial charge in [-0.1, -0.05) is 30.3 Å². The molecule has 0 aliphatic heterocycles. The molecule has 1 aromatic rings. The zero-order valence-corrected chi connectivity index (χ0v) is 10.0. The molecule has 4 nitrogen and oxygen atoms in total. The minimum atomic E-state index is -0.518. The number of hydrogen-bond donors (Lipinski definition) is 0. The molecule has 0 spiro atoms. The van der Waals surface area contributed by atoms with Gasteiger partial charge in [0.2, 0.25) is 0 Å². The van der Waals surface area contributed by atoms with Crippen LogP contribution in [-0.2, 0) is 19.1 Å². The zero-order chi connectivity index (χ0) is 12.7. The summed E-state index contributed by atoms with van der Waals surface area (Å²) in [6, 6.07) is 9.47. The SMILES string of the molecule is CO[C@H](COC(=O)CC(C)=O)c1ccccc1. The molecule has 0 amide bonds. The molecule has 0 aliphatic rings. The molecule has 0 heterocycles. The lowest BCUT2D eigenvalue weighted by molar-refractivity contribution is -0.149. The molecule has 0 unspecified atom stereocenters. The van der Waals surface area contributed by atoms with Crippen molar-refractivity contribution in [3.63, 3.8) is 0 Å². The lowest BCUT2D eigenvalue weighted by Gasteiger charge is -2.15. The number of methoxy groups -OCH3 is 1. The number of Topliss-reactive ketones (excluding diaryl/α,β-unsaturated/α-hetero) is 1. The fourth-order valence-corrected chi connectivity index (χ4v) is 1.39. The van der Waals surface area contributed by atoms with Gasteiger partial charge in [-0.05, 0) is 12.5 Å². The van der Waals surface area contributed by atoms with Crippen LogP contribution in [0.5, 0.6) is 0 Å². The van der Waals surface area contributed by atoms with E-state index in [1.165, 1.54) is 6.92 Å². The number of benzene rings is 1. The van der Waals surface area contributed by atoms with E-state index in [4.69, 9.17) is 9.47 Å². The van der Waals surface area contributed by atoms with Crippen molar-refractivity contribution in [3.05, 3.63) is 35.9 Å². The summed E-state index contributed by atoms with van der Waals surface area (Å²) < 4.78 is 10.2. The molecule has 4 heteroatoms. The van der Waals surface area contributed by atoms with E-state index in [1.807, 2.05) is 30.3 Å². The van der Waals surface area contributed by atoms with Gasteiger partial charge >= 0.3 is 5.97 Å². The maximum atomic E-state index is 11.2. The van der Waals surface area contributed by atoms with E-state index in [0.29, 0.717) is 0 Å². The number of carbonyl (C=O) groups excluding carboxylic acids is 2. The molecule has 1 aromatic carbocycles. The van der Waals surface area contributed by atoms with Crippen molar-refractivity contribution in [1.82, 2.24) is 0 Å². The van der Waals surface area contributed by atoms with Crippen LogP contribution in [0.4, 0.5) is 0 Å². The van der Waals surface area contributed by atoms with Crippen molar-refractivity contribution in [2.24, 2.45) is 0 Å². The Morgan fingerprint density at radius 2 is 1.88 bits per heavy atom. The average molecular weight is 236 g/mol. The second kappa shape index (κ2) is 6.81. The number of hydrogen-bond acceptors (Lipinski definition) is 4. The van der Waals surface area contributed by atoms with Crippen molar-refractivity contribution in [2.45, 2.75) is 19.4 Å². The number of carbonyl (C=O) groups is 2. The summed E-state index contributed by atoms with van der Waals surface area (Å²) in [6.45, 7) is 1.47. The number of ether oxygens (including phenoxy) is 2. The summed E-state index contributed by atoms with van der Waals surface area (Å²) in [5.74, 6) is -0.723. The highest BCUT2D eigenvalue weighted by Gasteiger charge is 2.13. The molecule has 0 radical (unpaired) electrons. The van der Waals surface area contributed by atoms with Crippen LogP contribution >= 0.6 is 0 Å². The Kier molecular flexibility index (Phi) is 5.36. The monoisotopic (exact) mass is 236 g/mol. The Labute approximate surface area is 101 Å². The van der Waals surface area contributed by atoms with Crippen LogP contribution in [0.15, 0.2) is 30.3 Å². The predicted molar refractivity (Wildman–Crippen MR) is 62.4 cm³/mol. The molecule has 0 bridgehead atoms. The third-order valence-electron chi connectivity index (χ3n) is 2.24. The minimum Gasteiger partial charge on any atom is -0.462 e. The summed E-state index contributed by atoms with van der Waals surface area (Å²) in [6.07, 6.45) is -0.488. The maximum Gasteiger partial charge on any atom is 0.313 e. The molecule has 1 rings (SSSR count). The second-order valence-electron chi connectivity index (χ2n) is 3.70. The van der Waals surface area contributed by atoms with E-state index in [1.54, 1.807) is 7.11 Å².